The molecule has 0 unspecified atom stereocenters. The number of pyridine rings is 1. The standard InChI is InChI=1S/C19H25N7O2.C2H6/c1-12(2)26-15-9-17(21-10-14(15)22-18(26)11-27)23-16-3-6-20-19(24-16)25-7-4-13(28)5-8-25;1-2/h3,6,9-10,12-13,27-28H,4-5,7-8,11H2,1-2H3,(H,20,21,23,24);1-2H3. The van der Waals surface area contributed by atoms with E-state index in [0.29, 0.717) is 23.4 Å². The number of rotatable bonds is 5. The van der Waals surface area contributed by atoms with Crippen molar-refractivity contribution < 1.29 is 10.2 Å². The summed E-state index contributed by atoms with van der Waals surface area (Å²) in [7, 11) is 0. The van der Waals surface area contributed by atoms with Crippen LogP contribution in [0.2, 0.25) is 0 Å². The zero-order valence-electron chi connectivity index (χ0n) is 18.1. The molecule has 0 saturated carbocycles. The molecule has 9 nitrogen and oxygen atoms in total. The molecular formula is C21H31N7O2. The molecule has 0 aromatic carbocycles. The largest absolute Gasteiger partial charge is 0.393 e. The van der Waals surface area contributed by atoms with Gasteiger partial charge in [0.25, 0.3) is 0 Å². The van der Waals surface area contributed by atoms with Gasteiger partial charge in [-0.25, -0.2) is 15.0 Å². The topological polar surface area (TPSA) is 112 Å². The molecule has 4 rings (SSSR count). The summed E-state index contributed by atoms with van der Waals surface area (Å²) in [6.07, 6.45) is 4.64. The van der Waals surface area contributed by atoms with Gasteiger partial charge in [0.2, 0.25) is 5.95 Å². The molecule has 162 valence electrons. The van der Waals surface area contributed by atoms with Crippen LogP contribution in [0.1, 0.15) is 52.4 Å². The Morgan fingerprint density at radius 3 is 2.53 bits per heavy atom. The first kappa shape index (κ1) is 21.9. The molecule has 0 bridgehead atoms. The monoisotopic (exact) mass is 413 g/mol. The van der Waals surface area contributed by atoms with Crippen LogP contribution in [0.25, 0.3) is 11.0 Å². The summed E-state index contributed by atoms with van der Waals surface area (Å²) in [5.74, 6) is 2.58. The van der Waals surface area contributed by atoms with Crippen molar-refractivity contribution in [3.05, 3.63) is 30.4 Å². The molecule has 3 aromatic rings. The van der Waals surface area contributed by atoms with Gasteiger partial charge >= 0.3 is 0 Å². The number of aliphatic hydroxyl groups is 2. The molecule has 1 saturated heterocycles. The van der Waals surface area contributed by atoms with Crippen LogP contribution in [0.3, 0.4) is 0 Å². The zero-order chi connectivity index (χ0) is 21.7. The molecule has 3 N–H and O–H groups in total. The molecule has 1 aliphatic rings. The molecule has 0 aliphatic carbocycles. The minimum Gasteiger partial charge on any atom is -0.393 e. The number of piperidine rings is 1. The minimum absolute atomic E-state index is 0.116. The molecule has 4 heterocycles. The molecule has 0 amide bonds. The summed E-state index contributed by atoms with van der Waals surface area (Å²) in [4.78, 5) is 19.9. The third-order valence-corrected chi connectivity index (χ3v) is 4.95. The van der Waals surface area contributed by atoms with Crippen LogP contribution >= 0.6 is 0 Å². The van der Waals surface area contributed by atoms with Crippen molar-refractivity contribution in [1.29, 1.82) is 0 Å². The second-order valence-electron chi connectivity index (χ2n) is 7.29. The van der Waals surface area contributed by atoms with Gasteiger partial charge in [0.05, 0.1) is 17.8 Å². The van der Waals surface area contributed by atoms with Gasteiger partial charge in [-0.1, -0.05) is 13.8 Å². The van der Waals surface area contributed by atoms with Crippen molar-refractivity contribution in [3.8, 4) is 0 Å². The van der Waals surface area contributed by atoms with Gasteiger partial charge in [-0.15, -0.1) is 0 Å². The van der Waals surface area contributed by atoms with Gasteiger partial charge in [-0.05, 0) is 32.8 Å². The van der Waals surface area contributed by atoms with E-state index in [2.05, 4.69) is 44.0 Å². The van der Waals surface area contributed by atoms with E-state index in [4.69, 9.17) is 0 Å². The molecular weight excluding hydrogens is 382 g/mol. The lowest BCUT2D eigenvalue weighted by molar-refractivity contribution is 0.145. The van der Waals surface area contributed by atoms with Crippen molar-refractivity contribution in [2.75, 3.05) is 23.3 Å². The Balaban J connectivity index is 0.00000124. The Morgan fingerprint density at radius 2 is 1.87 bits per heavy atom. The van der Waals surface area contributed by atoms with Gasteiger partial charge in [-0.2, -0.15) is 4.98 Å². The fourth-order valence-corrected chi connectivity index (χ4v) is 3.57. The summed E-state index contributed by atoms with van der Waals surface area (Å²) in [5.41, 5.74) is 1.66. The average molecular weight is 414 g/mol. The van der Waals surface area contributed by atoms with Crippen LogP contribution < -0.4 is 10.2 Å². The quantitative estimate of drug-likeness (QED) is 0.585. The number of hydrogen-bond donors (Lipinski definition) is 3. The molecule has 0 spiro atoms. The smallest absolute Gasteiger partial charge is 0.227 e. The first-order valence-corrected chi connectivity index (χ1v) is 10.6. The van der Waals surface area contributed by atoms with Gasteiger partial charge in [0.1, 0.15) is 29.6 Å². The van der Waals surface area contributed by atoms with Gasteiger partial charge < -0.3 is 25.0 Å². The number of nitrogens with zero attached hydrogens (tertiary/aromatic N) is 6. The van der Waals surface area contributed by atoms with Crippen LogP contribution in [-0.2, 0) is 6.61 Å². The second-order valence-corrected chi connectivity index (χ2v) is 7.29. The SMILES string of the molecule is CC.CC(C)n1c(CO)nc2cnc(Nc3ccnc(N4CCC(O)CC4)n3)cc21. The number of anilines is 3. The van der Waals surface area contributed by atoms with E-state index in [9.17, 15) is 10.2 Å². The van der Waals surface area contributed by atoms with Gasteiger partial charge in [0.15, 0.2) is 0 Å². The van der Waals surface area contributed by atoms with Crippen LogP contribution in [0, 0.1) is 0 Å². The van der Waals surface area contributed by atoms with E-state index in [1.165, 1.54) is 0 Å². The van der Waals surface area contributed by atoms with E-state index >= 15 is 0 Å². The Kier molecular flexibility index (Phi) is 7.17. The minimum atomic E-state index is -0.233. The van der Waals surface area contributed by atoms with Crippen molar-refractivity contribution in [3.63, 3.8) is 0 Å². The fraction of sp³-hybridized carbons (Fsp3) is 0.524. The highest BCUT2D eigenvalue weighted by molar-refractivity contribution is 5.79. The Labute approximate surface area is 176 Å². The Morgan fingerprint density at radius 1 is 1.13 bits per heavy atom. The molecule has 9 heteroatoms. The maximum Gasteiger partial charge on any atom is 0.227 e. The summed E-state index contributed by atoms with van der Waals surface area (Å²) < 4.78 is 2.01. The molecule has 1 fully saturated rings. The number of nitrogens with one attached hydrogen (secondary N) is 1. The zero-order valence-corrected chi connectivity index (χ0v) is 18.1. The van der Waals surface area contributed by atoms with Crippen LogP contribution in [0.4, 0.5) is 17.6 Å². The van der Waals surface area contributed by atoms with Crippen molar-refractivity contribution in [2.45, 2.75) is 59.3 Å². The van der Waals surface area contributed by atoms with Crippen molar-refractivity contribution in [1.82, 2.24) is 24.5 Å². The average Bonchev–Trinajstić information content (AvgIpc) is 3.14. The second kappa shape index (κ2) is 9.82. The Hall–Kier alpha value is -2.78. The molecule has 3 aromatic heterocycles. The highest BCUT2D eigenvalue weighted by Crippen LogP contribution is 2.25. The maximum absolute atomic E-state index is 9.68. The predicted molar refractivity (Wildman–Crippen MR) is 118 cm³/mol. The van der Waals surface area contributed by atoms with E-state index < -0.39 is 0 Å². The molecule has 0 atom stereocenters. The highest BCUT2D eigenvalue weighted by atomic mass is 16.3. The summed E-state index contributed by atoms with van der Waals surface area (Å²) in [6.45, 7) is 9.48. The lowest BCUT2D eigenvalue weighted by Gasteiger charge is -2.29. The highest BCUT2D eigenvalue weighted by Gasteiger charge is 2.19. The first-order valence-electron chi connectivity index (χ1n) is 10.6. The Bertz CT molecular complexity index is 965. The first-order chi connectivity index (χ1) is 14.5. The van der Waals surface area contributed by atoms with Crippen LogP contribution in [0.15, 0.2) is 24.5 Å². The third-order valence-electron chi connectivity index (χ3n) is 4.95. The van der Waals surface area contributed by atoms with Crippen LogP contribution in [-0.4, -0.2) is 53.9 Å². The third kappa shape index (κ3) is 4.68. The van der Waals surface area contributed by atoms with E-state index in [-0.39, 0.29) is 18.8 Å². The van der Waals surface area contributed by atoms with E-state index in [0.717, 1.165) is 37.0 Å². The summed E-state index contributed by atoms with van der Waals surface area (Å²) >= 11 is 0. The van der Waals surface area contributed by atoms with Crippen molar-refractivity contribution >= 4 is 28.6 Å². The van der Waals surface area contributed by atoms with E-state index in [1.54, 1.807) is 18.5 Å². The maximum atomic E-state index is 9.68. The van der Waals surface area contributed by atoms with Gasteiger partial charge in [0, 0.05) is 31.4 Å². The number of imidazole rings is 1. The molecule has 0 radical (unpaired) electrons. The predicted octanol–water partition coefficient (Wildman–Crippen LogP) is 3.03. The number of hydrogen-bond acceptors (Lipinski definition) is 8. The number of aromatic nitrogens is 5. The fourth-order valence-electron chi connectivity index (χ4n) is 3.57. The summed E-state index contributed by atoms with van der Waals surface area (Å²) in [6, 6.07) is 3.88. The molecule has 30 heavy (non-hydrogen) atoms. The summed E-state index contributed by atoms with van der Waals surface area (Å²) in [5, 5.41) is 22.5. The van der Waals surface area contributed by atoms with Crippen molar-refractivity contribution in [2.24, 2.45) is 0 Å². The molecule has 1 aliphatic heterocycles. The normalized spacial score (nSPS) is 14.7. The van der Waals surface area contributed by atoms with Gasteiger partial charge in [-0.3, -0.25) is 0 Å². The van der Waals surface area contributed by atoms with E-state index in [1.807, 2.05) is 24.5 Å². The number of aliphatic hydroxyl groups excluding tert-OH is 2. The lowest BCUT2D eigenvalue weighted by atomic mass is 10.1. The number of fused-ring (bicyclic) bond motifs is 1. The van der Waals surface area contributed by atoms with Crippen LogP contribution in [0.5, 0.6) is 0 Å². The lowest BCUT2D eigenvalue weighted by Crippen LogP contribution is -2.36.